The van der Waals surface area contributed by atoms with E-state index in [0.29, 0.717) is 22.3 Å². The molecule has 18 nitrogen and oxygen atoms in total. The van der Waals surface area contributed by atoms with Crippen molar-refractivity contribution in [2.75, 3.05) is 14.2 Å². The first-order chi connectivity index (χ1) is 29.5. The Hall–Kier alpha value is -3.50. The van der Waals surface area contributed by atoms with Gasteiger partial charge >= 0.3 is 51.2 Å². The first-order valence-corrected chi connectivity index (χ1v) is 21.2. The molecule has 2 saturated carbocycles. The molecule has 0 aromatic heterocycles. The Balaban J connectivity index is -0.000000889. The van der Waals surface area contributed by atoms with E-state index in [1.807, 2.05) is 24.3 Å². The van der Waals surface area contributed by atoms with E-state index in [4.69, 9.17) is 47.5 Å². The van der Waals surface area contributed by atoms with Crippen molar-refractivity contribution in [3.8, 4) is 23.0 Å². The van der Waals surface area contributed by atoms with Gasteiger partial charge in [-0.2, -0.15) is 0 Å². The molecule has 363 valence electrons. The van der Waals surface area contributed by atoms with Crippen LogP contribution in [0.25, 0.3) is 0 Å². The average molecular weight is 1090 g/mol. The van der Waals surface area contributed by atoms with Crippen LogP contribution in [0.4, 0.5) is 0 Å². The molecule has 0 unspecified atom stereocenters. The molecule has 23 heteroatoms. The van der Waals surface area contributed by atoms with Crippen LogP contribution < -0.4 is 57.7 Å². The maximum absolute atomic E-state index is 11.8. The van der Waals surface area contributed by atoms with Crippen LogP contribution in [0.2, 0.25) is 0 Å². The molecule has 4 aromatic carbocycles. The normalized spacial score (nSPS) is 17.9. The van der Waals surface area contributed by atoms with Crippen LogP contribution in [0.3, 0.4) is 0 Å². The van der Waals surface area contributed by atoms with Crippen molar-refractivity contribution in [3.63, 3.8) is 0 Å². The van der Waals surface area contributed by atoms with Gasteiger partial charge in [0.05, 0.1) is 24.2 Å². The number of para-hydroxylation sites is 4. The quantitative estimate of drug-likeness (QED) is 0.123. The number of benzene rings is 4. The number of aliphatic hydroxyl groups excluding tert-OH is 2. The minimum atomic E-state index is -4.94. The van der Waals surface area contributed by atoms with Crippen molar-refractivity contribution < 1.29 is 140 Å². The minimum absolute atomic E-state index is 0. The van der Waals surface area contributed by atoms with Gasteiger partial charge in [0.15, 0.2) is 0 Å². The summed E-state index contributed by atoms with van der Waals surface area (Å²) in [5, 5.41) is 61.1. The number of hydrogen-bond donors (Lipinski definition) is 2. The number of rotatable bonds is 8. The van der Waals surface area contributed by atoms with Crippen LogP contribution in [0.15, 0.2) is 117 Å². The molecule has 2 aliphatic rings. The molecular formula is C42H48Cl2Cu2MnN4O14. The second-order valence-electron chi connectivity index (χ2n) is 12.9. The number of halogens is 2. The predicted octanol–water partition coefficient (Wildman–Crippen LogP) is -4.94. The van der Waals surface area contributed by atoms with Gasteiger partial charge in [-0.1, -0.05) is 123 Å². The molecule has 0 saturated heterocycles. The van der Waals surface area contributed by atoms with Crippen LogP contribution in [-0.4, -0.2) is 73.5 Å². The van der Waals surface area contributed by atoms with Gasteiger partial charge in [-0.15, -0.1) is 43.5 Å². The van der Waals surface area contributed by atoms with Crippen molar-refractivity contribution in [2.45, 2.75) is 75.5 Å². The van der Waals surface area contributed by atoms with Gasteiger partial charge in [0.2, 0.25) is 0 Å². The van der Waals surface area contributed by atoms with Crippen LogP contribution >= 0.6 is 0 Å². The Kier molecular flexibility index (Phi) is 37.0. The molecule has 65 heavy (non-hydrogen) atoms. The largest absolute Gasteiger partial charge is 2.00 e. The fraction of sp³-hybridized carbons (Fsp3) is 0.333. The predicted molar refractivity (Wildman–Crippen MR) is 202 cm³/mol. The summed E-state index contributed by atoms with van der Waals surface area (Å²) >= 11 is 0. The minimum Gasteiger partial charge on any atom is -0.872 e. The summed E-state index contributed by atoms with van der Waals surface area (Å²) in [4.78, 5) is 18.5. The molecule has 0 spiro atoms. The third-order valence-electron chi connectivity index (χ3n) is 8.68. The number of aliphatic imine (C=N–C) groups is 4. The van der Waals surface area contributed by atoms with Crippen molar-refractivity contribution in [1.82, 2.24) is 0 Å². The first kappa shape index (κ1) is 65.8. The van der Waals surface area contributed by atoms with Crippen LogP contribution in [0.1, 0.15) is 73.6 Å². The Morgan fingerprint density at radius 3 is 0.692 bits per heavy atom. The number of aliphatic hydroxyl groups is 2. The zero-order valence-electron chi connectivity index (χ0n) is 34.8. The maximum atomic E-state index is 11.8. The second-order valence-corrected chi connectivity index (χ2v) is 14.4. The topological polar surface area (TPSA) is 367 Å². The van der Waals surface area contributed by atoms with Gasteiger partial charge in [-0.05, 0) is 47.9 Å². The zero-order chi connectivity index (χ0) is 46.6. The first-order valence-electron chi connectivity index (χ1n) is 18.8. The van der Waals surface area contributed by atoms with Crippen LogP contribution in [0, 0.1) is 20.5 Å². The molecule has 0 aliphatic heterocycles. The molecular weight excluding hydrogens is 1040 g/mol. The Morgan fingerprint density at radius 2 is 0.538 bits per heavy atom. The van der Waals surface area contributed by atoms with Crippen molar-refractivity contribution >= 4 is 24.9 Å². The fourth-order valence-corrected chi connectivity index (χ4v) is 5.93. The maximum Gasteiger partial charge on any atom is 2.00 e. The van der Waals surface area contributed by atoms with Gasteiger partial charge in [-0.3, -0.25) is 20.0 Å². The smallest absolute Gasteiger partial charge is 0.872 e. The van der Waals surface area contributed by atoms with E-state index in [1.54, 1.807) is 97.7 Å². The van der Waals surface area contributed by atoms with E-state index in [2.05, 4.69) is 20.0 Å². The third-order valence-corrected chi connectivity index (χ3v) is 8.68. The van der Waals surface area contributed by atoms with E-state index in [9.17, 15) is 20.4 Å². The Labute approximate surface area is 414 Å². The summed E-state index contributed by atoms with van der Waals surface area (Å²) < 4.78 is 67.9. The van der Waals surface area contributed by atoms with E-state index < -0.39 is 20.5 Å². The summed E-state index contributed by atoms with van der Waals surface area (Å²) in [5.74, 6) is -0.0652. The molecule has 6 rings (SSSR count). The SMILES string of the molecule is CO.CO.[Cu+2].[Cu+2].[Mn+2].[O-][Cl+3]([O-])([O-])[O-].[O-][Cl+3]([O-])([O-])[O-].[O-]c1ccccc1C=N[C@@H]1CCCC[C@H]1N=Cc1ccccc1[O-].[O-]c1ccccc1C=N[C@@H]1CCCC[C@H]1N=Cc1ccccc1[O-]. The summed E-state index contributed by atoms with van der Waals surface area (Å²) in [5.41, 5.74) is 2.43. The van der Waals surface area contributed by atoms with Crippen LogP contribution in [0.5, 0.6) is 23.0 Å². The fourth-order valence-electron chi connectivity index (χ4n) is 5.93. The number of nitrogens with zero attached hydrogens (tertiary/aromatic N) is 4. The molecule has 3 radical (unpaired) electrons. The summed E-state index contributed by atoms with van der Waals surface area (Å²) in [6, 6.07) is 27.8. The summed E-state index contributed by atoms with van der Waals surface area (Å²) in [6.45, 7) is 0. The molecule has 0 amide bonds. The van der Waals surface area contributed by atoms with Gasteiger partial charge in [0, 0.05) is 39.1 Å². The van der Waals surface area contributed by atoms with E-state index in [0.717, 1.165) is 65.6 Å². The zero-order valence-corrected chi connectivity index (χ0v) is 39.4. The average Bonchev–Trinajstić information content (AvgIpc) is 3.24. The van der Waals surface area contributed by atoms with Crippen molar-refractivity contribution in [1.29, 1.82) is 0 Å². The van der Waals surface area contributed by atoms with E-state index in [-0.39, 0.29) is 98.4 Å². The molecule has 2 N–H and O–H groups in total. The standard InChI is InChI=1S/2C20H22N2O2.2CH4O.2ClHO4.2Cu.Mn/c2*23-19-11-5-1-7-15(19)13-21-17-9-3-4-10-18(17)22-14-16-8-2-6-12-20(16)24;2*1-2;2*2-1(3,4)5;;;/h2*1-2,5-8,11-14,17-18,23-24H,3-4,9-10H2;2*2H,1H3;2*(H,2,3,4,5);;;/q;;;;;;3*+2/p-6/t2*17-,18-;;;;;;;/m11......./s1. The van der Waals surface area contributed by atoms with Gasteiger partial charge in [0.25, 0.3) is 0 Å². The Bertz CT molecular complexity index is 1700. The summed E-state index contributed by atoms with van der Waals surface area (Å²) in [6.07, 6.45) is 15.0. The van der Waals surface area contributed by atoms with Crippen LogP contribution in [-0.2, 0) is 51.2 Å². The van der Waals surface area contributed by atoms with Gasteiger partial charge < -0.3 is 30.6 Å². The van der Waals surface area contributed by atoms with Gasteiger partial charge in [0.1, 0.15) is 0 Å². The van der Waals surface area contributed by atoms with E-state index >= 15 is 0 Å². The van der Waals surface area contributed by atoms with Crippen molar-refractivity contribution in [3.05, 3.63) is 119 Å². The molecule has 4 aromatic rings. The van der Waals surface area contributed by atoms with Gasteiger partial charge in [-0.25, -0.2) is 37.3 Å². The number of hydrogen-bond acceptors (Lipinski definition) is 18. The third kappa shape index (κ3) is 30.4. The molecule has 0 heterocycles. The summed E-state index contributed by atoms with van der Waals surface area (Å²) in [7, 11) is -7.89. The Morgan fingerprint density at radius 1 is 0.385 bits per heavy atom. The molecule has 2 aliphatic carbocycles. The monoisotopic (exact) mass is 1080 g/mol. The second kappa shape index (κ2) is 36.6. The van der Waals surface area contributed by atoms with E-state index in [1.165, 1.54) is 0 Å². The van der Waals surface area contributed by atoms with Crippen molar-refractivity contribution in [2.24, 2.45) is 20.0 Å². The molecule has 0 bridgehead atoms. The molecule has 2 fully saturated rings. The molecule has 4 atom stereocenters.